The Bertz CT molecular complexity index is 1230. The van der Waals surface area contributed by atoms with Gasteiger partial charge in [0.15, 0.2) is 5.78 Å². The van der Waals surface area contributed by atoms with Gasteiger partial charge in [0.25, 0.3) is 0 Å². The molecule has 0 saturated heterocycles. The van der Waals surface area contributed by atoms with Crippen LogP contribution in [0.4, 0.5) is 5.88 Å². The van der Waals surface area contributed by atoms with Crippen molar-refractivity contribution in [2.24, 2.45) is 0 Å². The molecule has 3 aromatic rings. The summed E-state index contributed by atoms with van der Waals surface area (Å²) in [6.07, 6.45) is 1.04. The molecule has 0 saturated carbocycles. The van der Waals surface area contributed by atoms with Gasteiger partial charge in [0.2, 0.25) is 5.88 Å². The number of aromatic hydroxyl groups is 1. The first-order chi connectivity index (χ1) is 15.5. The smallest absolute Gasteiger partial charge is 0.233 e. The van der Waals surface area contributed by atoms with E-state index in [0.29, 0.717) is 30.2 Å². The number of nitrogens with one attached hydrogen (secondary N) is 1. The summed E-state index contributed by atoms with van der Waals surface area (Å²) >= 11 is 0. The fourth-order valence-corrected chi connectivity index (χ4v) is 4.82. The molecule has 0 amide bonds. The van der Waals surface area contributed by atoms with Crippen LogP contribution in [0, 0.1) is 6.92 Å². The van der Waals surface area contributed by atoms with Crippen molar-refractivity contribution in [2.45, 2.75) is 31.6 Å². The monoisotopic (exact) mass is 432 g/mol. The maximum absolute atomic E-state index is 13.6. The number of Topliss-reactive ketones (excluding diaryl/α,β-unsaturated/α-hetero) is 1. The number of methoxy groups -OCH3 is 2. The van der Waals surface area contributed by atoms with E-state index in [1.807, 2.05) is 37.3 Å². The van der Waals surface area contributed by atoms with Crippen molar-refractivity contribution in [3.63, 3.8) is 0 Å². The Hall–Kier alpha value is -3.74. The number of rotatable bonds is 4. The van der Waals surface area contributed by atoms with E-state index in [4.69, 9.17) is 14.0 Å². The molecule has 0 spiro atoms. The molecule has 32 heavy (non-hydrogen) atoms. The summed E-state index contributed by atoms with van der Waals surface area (Å²) in [5.74, 6) is 1.83. The zero-order valence-corrected chi connectivity index (χ0v) is 18.1. The zero-order valence-electron chi connectivity index (χ0n) is 18.1. The first kappa shape index (κ1) is 20.2. The number of fused-ring (bicyclic) bond motifs is 1. The number of hydrogen-bond donors (Lipinski definition) is 2. The molecule has 2 unspecified atom stereocenters. The lowest BCUT2D eigenvalue weighted by Gasteiger charge is -2.35. The van der Waals surface area contributed by atoms with Crippen LogP contribution in [-0.4, -0.2) is 30.3 Å². The number of anilines is 1. The standard InChI is InChI=1S/C25H24N2O5/c1-13-22-23(18-9-8-17(30-2)12-21(18)31-3)24-19(26-25(22)32-27-13)10-15(11-20(24)29)14-4-6-16(28)7-5-14/h4-9,12,15,23,26,28H,10-11H2,1-3H3. The minimum absolute atomic E-state index is 0.0123. The molecule has 164 valence electrons. The van der Waals surface area contributed by atoms with E-state index in [1.165, 1.54) is 0 Å². The molecule has 5 rings (SSSR count). The third kappa shape index (κ3) is 3.21. The van der Waals surface area contributed by atoms with Crippen LogP contribution >= 0.6 is 0 Å². The second-order valence-corrected chi connectivity index (χ2v) is 8.19. The van der Waals surface area contributed by atoms with Crippen LogP contribution in [0.15, 0.2) is 58.3 Å². The summed E-state index contributed by atoms with van der Waals surface area (Å²) < 4.78 is 16.6. The summed E-state index contributed by atoms with van der Waals surface area (Å²) in [5.41, 5.74) is 5.03. The number of carbonyl (C=O) groups is 1. The van der Waals surface area contributed by atoms with Crippen molar-refractivity contribution < 1.29 is 23.9 Å². The molecular weight excluding hydrogens is 408 g/mol. The lowest BCUT2D eigenvalue weighted by Crippen LogP contribution is -2.29. The number of aryl methyl sites for hydroxylation is 1. The first-order valence-corrected chi connectivity index (χ1v) is 10.5. The summed E-state index contributed by atoms with van der Waals surface area (Å²) in [4.78, 5) is 13.6. The Morgan fingerprint density at radius 3 is 2.59 bits per heavy atom. The van der Waals surface area contributed by atoms with Crippen molar-refractivity contribution in [2.75, 3.05) is 19.5 Å². The second kappa shape index (κ2) is 7.75. The minimum atomic E-state index is -0.346. The second-order valence-electron chi connectivity index (χ2n) is 8.19. The van der Waals surface area contributed by atoms with Crippen molar-refractivity contribution >= 4 is 11.7 Å². The van der Waals surface area contributed by atoms with Gasteiger partial charge in [-0.1, -0.05) is 23.4 Å². The molecule has 7 heteroatoms. The van der Waals surface area contributed by atoms with Crippen molar-refractivity contribution in [3.05, 3.63) is 76.1 Å². The minimum Gasteiger partial charge on any atom is -0.508 e. The highest BCUT2D eigenvalue weighted by Gasteiger charge is 2.42. The maximum Gasteiger partial charge on any atom is 0.233 e. The van der Waals surface area contributed by atoms with Crippen LogP contribution < -0.4 is 14.8 Å². The molecule has 2 atom stereocenters. The van der Waals surface area contributed by atoms with Gasteiger partial charge < -0.3 is 24.4 Å². The predicted molar refractivity (Wildman–Crippen MR) is 118 cm³/mol. The number of benzene rings is 2. The highest BCUT2D eigenvalue weighted by Crippen LogP contribution is 2.51. The van der Waals surface area contributed by atoms with Gasteiger partial charge in [-0.15, -0.1) is 0 Å². The van der Waals surface area contributed by atoms with E-state index in [1.54, 1.807) is 26.4 Å². The molecule has 1 aromatic heterocycles. The lowest BCUT2D eigenvalue weighted by atomic mass is 9.72. The van der Waals surface area contributed by atoms with Gasteiger partial charge in [-0.2, -0.15) is 0 Å². The number of ether oxygens (including phenoxy) is 2. The van der Waals surface area contributed by atoms with E-state index in [9.17, 15) is 9.90 Å². The van der Waals surface area contributed by atoms with Gasteiger partial charge in [0.05, 0.1) is 31.4 Å². The Morgan fingerprint density at radius 2 is 1.88 bits per heavy atom. The average molecular weight is 432 g/mol. The SMILES string of the molecule is COc1ccc(C2C3=C(CC(c4ccc(O)cc4)CC3=O)Nc3onc(C)c32)c(OC)c1. The van der Waals surface area contributed by atoms with Crippen LogP contribution in [0.3, 0.4) is 0 Å². The maximum atomic E-state index is 13.6. The third-order valence-corrected chi connectivity index (χ3v) is 6.37. The molecule has 2 heterocycles. The van der Waals surface area contributed by atoms with Crippen LogP contribution in [0.1, 0.15) is 47.1 Å². The summed E-state index contributed by atoms with van der Waals surface area (Å²) in [5, 5.41) is 17.1. The van der Waals surface area contributed by atoms with Gasteiger partial charge in [0, 0.05) is 29.3 Å². The van der Waals surface area contributed by atoms with Crippen LogP contribution in [-0.2, 0) is 4.79 Å². The molecule has 7 nitrogen and oxygen atoms in total. The largest absolute Gasteiger partial charge is 0.508 e. The topological polar surface area (TPSA) is 93.8 Å². The molecule has 2 N–H and O–H groups in total. The summed E-state index contributed by atoms with van der Waals surface area (Å²) in [6.45, 7) is 1.88. The van der Waals surface area contributed by atoms with Crippen LogP contribution in [0.5, 0.6) is 17.2 Å². The van der Waals surface area contributed by atoms with Gasteiger partial charge in [0.1, 0.15) is 17.2 Å². The number of phenols is 1. The number of nitrogens with zero attached hydrogens (tertiary/aromatic N) is 1. The molecule has 0 bridgehead atoms. The van der Waals surface area contributed by atoms with Crippen LogP contribution in [0.25, 0.3) is 0 Å². The molecule has 0 fully saturated rings. The molecule has 2 aromatic carbocycles. The summed E-state index contributed by atoms with van der Waals surface area (Å²) in [7, 11) is 3.22. The Kier molecular flexibility index (Phi) is 4.89. The van der Waals surface area contributed by atoms with Crippen molar-refractivity contribution in [3.8, 4) is 17.2 Å². The van der Waals surface area contributed by atoms with Crippen molar-refractivity contribution in [1.82, 2.24) is 5.16 Å². The molecule has 1 aliphatic heterocycles. The first-order valence-electron chi connectivity index (χ1n) is 10.5. The molecule has 1 aliphatic carbocycles. The number of aromatic nitrogens is 1. The average Bonchev–Trinajstić information content (AvgIpc) is 3.18. The number of hydrogen-bond acceptors (Lipinski definition) is 7. The number of carbonyl (C=O) groups excluding carboxylic acids is 1. The lowest BCUT2D eigenvalue weighted by molar-refractivity contribution is -0.116. The predicted octanol–water partition coefficient (Wildman–Crippen LogP) is 4.66. The highest BCUT2D eigenvalue weighted by molar-refractivity contribution is 6.01. The molecule has 2 aliphatic rings. The van der Waals surface area contributed by atoms with Gasteiger partial charge in [-0.25, -0.2) is 0 Å². The van der Waals surface area contributed by atoms with E-state index >= 15 is 0 Å². The van der Waals surface area contributed by atoms with E-state index in [2.05, 4.69) is 10.5 Å². The quantitative estimate of drug-likeness (QED) is 0.619. The van der Waals surface area contributed by atoms with E-state index in [0.717, 1.165) is 33.7 Å². The normalized spacial score (nSPS) is 19.8. The fraction of sp³-hybridized carbons (Fsp3) is 0.280. The highest BCUT2D eigenvalue weighted by atomic mass is 16.5. The Balaban J connectivity index is 1.64. The van der Waals surface area contributed by atoms with Gasteiger partial charge in [-0.05, 0) is 43.0 Å². The Labute approximate surface area is 185 Å². The van der Waals surface area contributed by atoms with Crippen molar-refractivity contribution in [1.29, 1.82) is 0 Å². The van der Waals surface area contributed by atoms with Crippen LogP contribution in [0.2, 0.25) is 0 Å². The third-order valence-electron chi connectivity index (χ3n) is 6.37. The van der Waals surface area contributed by atoms with E-state index in [-0.39, 0.29) is 23.4 Å². The molecule has 0 radical (unpaired) electrons. The Morgan fingerprint density at radius 1 is 1.09 bits per heavy atom. The summed E-state index contributed by atoms with van der Waals surface area (Å²) in [6, 6.07) is 12.7. The number of ketones is 1. The van der Waals surface area contributed by atoms with Gasteiger partial charge >= 0.3 is 0 Å². The molecular formula is C25H24N2O5. The number of allylic oxidation sites excluding steroid dienone is 2. The zero-order chi connectivity index (χ0) is 22.4. The van der Waals surface area contributed by atoms with Gasteiger partial charge in [-0.3, -0.25) is 4.79 Å². The number of phenolic OH excluding ortho intramolecular Hbond substituents is 1. The van der Waals surface area contributed by atoms with E-state index < -0.39 is 0 Å². The fourth-order valence-electron chi connectivity index (χ4n) is 4.82.